The average Bonchev–Trinajstić information content (AvgIpc) is 2.97. The second kappa shape index (κ2) is 5.57. The normalized spacial score (nSPS) is 16.7. The zero-order chi connectivity index (χ0) is 13.1. The molecule has 0 unspecified atom stereocenters. The van der Waals surface area contributed by atoms with Gasteiger partial charge in [-0.1, -0.05) is 43.5 Å². The van der Waals surface area contributed by atoms with Gasteiger partial charge in [-0.25, -0.2) is 4.98 Å². The fourth-order valence-electron chi connectivity index (χ4n) is 2.98. The number of H-pyrrole nitrogens is 1. The van der Waals surface area contributed by atoms with E-state index in [1.165, 1.54) is 43.2 Å². The molecule has 19 heavy (non-hydrogen) atoms. The van der Waals surface area contributed by atoms with Crippen molar-refractivity contribution in [2.75, 3.05) is 0 Å². The molecule has 0 amide bonds. The van der Waals surface area contributed by atoms with Crippen molar-refractivity contribution in [3.8, 4) is 11.3 Å². The average molecular weight is 255 g/mol. The Balaban J connectivity index is 1.78. The minimum Gasteiger partial charge on any atom is -0.341 e. The predicted molar refractivity (Wildman–Crippen MR) is 77.7 cm³/mol. The second-order valence-electron chi connectivity index (χ2n) is 5.40. The summed E-state index contributed by atoms with van der Waals surface area (Å²) in [4.78, 5) is 7.48. The number of hydrogen-bond donors (Lipinski definition) is 2. The van der Waals surface area contributed by atoms with E-state index in [4.69, 9.17) is 5.73 Å². The molecule has 1 saturated carbocycles. The van der Waals surface area contributed by atoms with Crippen molar-refractivity contribution >= 4 is 0 Å². The van der Waals surface area contributed by atoms with E-state index in [1.54, 1.807) is 0 Å². The second-order valence-corrected chi connectivity index (χ2v) is 5.40. The molecular formula is C16H21N3. The fourth-order valence-corrected chi connectivity index (χ4v) is 2.98. The molecule has 100 valence electrons. The largest absolute Gasteiger partial charge is 0.341 e. The molecule has 1 fully saturated rings. The van der Waals surface area contributed by atoms with E-state index < -0.39 is 0 Å². The van der Waals surface area contributed by atoms with E-state index in [-0.39, 0.29) is 0 Å². The zero-order valence-electron chi connectivity index (χ0n) is 11.2. The van der Waals surface area contributed by atoms with Gasteiger partial charge in [0.1, 0.15) is 5.82 Å². The fraction of sp³-hybridized carbons (Fsp3) is 0.438. The molecule has 0 atom stereocenters. The molecule has 0 radical (unpaired) electrons. The smallest absolute Gasteiger partial charge is 0.120 e. The van der Waals surface area contributed by atoms with E-state index in [9.17, 15) is 0 Å². The molecule has 0 aliphatic heterocycles. The quantitative estimate of drug-likeness (QED) is 0.880. The van der Waals surface area contributed by atoms with Crippen LogP contribution in [0.15, 0.2) is 30.5 Å². The molecule has 1 aliphatic carbocycles. The summed E-state index contributed by atoms with van der Waals surface area (Å²) in [7, 11) is 0. The van der Waals surface area contributed by atoms with Gasteiger partial charge >= 0.3 is 0 Å². The van der Waals surface area contributed by atoms with Gasteiger partial charge in [-0.05, 0) is 29.9 Å². The minimum absolute atomic E-state index is 0.458. The molecule has 2 aromatic rings. The van der Waals surface area contributed by atoms with E-state index in [2.05, 4.69) is 34.2 Å². The van der Waals surface area contributed by atoms with E-state index in [0.29, 0.717) is 6.54 Å². The van der Waals surface area contributed by atoms with Crippen LogP contribution in [-0.2, 0) is 6.54 Å². The Bertz CT molecular complexity index is 521. The van der Waals surface area contributed by atoms with Gasteiger partial charge in [0.05, 0.1) is 18.4 Å². The van der Waals surface area contributed by atoms with E-state index in [0.717, 1.165) is 17.4 Å². The van der Waals surface area contributed by atoms with Crippen LogP contribution in [0.5, 0.6) is 0 Å². The van der Waals surface area contributed by atoms with Crippen molar-refractivity contribution in [2.45, 2.75) is 44.6 Å². The van der Waals surface area contributed by atoms with Crippen LogP contribution in [0, 0.1) is 0 Å². The van der Waals surface area contributed by atoms with Gasteiger partial charge in [-0.2, -0.15) is 0 Å². The predicted octanol–water partition coefficient (Wildman–Crippen LogP) is 3.58. The monoisotopic (exact) mass is 255 g/mol. The summed E-state index contributed by atoms with van der Waals surface area (Å²) >= 11 is 0. The third-order valence-electron chi connectivity index (χ3n) is 4.12. The summed E-state index contributed by atoms with van der Waals surface area (Å²) in [6.07, 6.45) is 8.73. The Labute approximate surface area is 114 Å². The summed E-state index contributed by atoms with van der Waals surface area (Å²) < 4.78 is 0. The third-order valence-corrected chi connectivity index (χ3v) is 4.12. The number of imidazole rings is 1. The van der Waals surface area contributed by atoms with Crippen molar-refractivity contribution in [1.29, 1.82) is 0 Å². The highest BCUT2D eigenvalue weighted by Gasteiger charge is 2.15. The van der Waals surface area contributed by atoms with Crippen molar-refractivity contribution in [3.05, 3.63) is 41.9 Å². The lowest BCUT2D eigenvalue weighted by molar-refractivity contribution is 0.443. The minimum atomic E-state index is 0.458. The molecule has 3 nitrogen and oxygen atoms in total. The maximum absolute atomic E-state index is 5.57. The van der Waals surface area contributed by atoms with Gasteiger partial charge < -0.3 is 10.7 Å². The van der Waals surface area contributed by atoms with Crippen LogP contribution < -0.4 is 5.73 Å². The highest BCUT2D eigenvalue weighted by molar-refractivity contribution is 5.59. The lowest BCUT2D eigenvalue weighted by Crippen LogP contribution is -2.04. The number of nitrogens with one attached hydrogen (secondary N) is 1. The highest BCUT2D eigenvalue weighted by Crippen LogP contribution is 2.33. The summed E-state index contributed by atoms with van der Waals surface area (Å²) in [5.74, 6) is 1.61. The first-order valence-corrected chi connectivity index (χ1v) is 7.21. The van der Waals surface area contributed by atoms with Crippen LogP contribution in [-0.4, -0.2) is 9.97 Å². The Morgan fingerprint density at radius 2 is 1.84 bits per heavy atom. The van der Waals surface area contributed by atoms with Gasteiger partial charge in [-0.15, -0.1) is 0 Å². The molecule has 1 aromatic heterocycles. The molecule has 3 heteroatoms. The number of aromatic nitrogens is 2. The topological polar surface area (TPSA) is 54.7 Å². The van der Waals surface area contributed by atoms with Crippen molar-refractivity contribution in [2.24, 2.45) is 5.73 Å². The Morgan fingerprint density at radius 3 is 2.47 bits per heavy atom. The zero-order valence-corrected chi connectivity index (χ0v) is 11.2. The molecule has 1 aromatic carbocycles. The number of nitrogens with two attached hydrogens (primary N) is 1. The van der Waals surface area contributed by atoms with Crippen molar-refractivity contribution < 1.29 is 0 Å². The van der Waals surface area contributed by atoms with Crippen molar-refractivity contribution in [1.82, 2.24) is 9.97 Å². The molecule has 0 spiro atoms. The number of aromatic amines is 1. The summed E-state index contributed by atoms with van der Waals surface area (Å²) in [6.45, 7) is 0.458. The summed E-state index contributed by atoms with van der Waals surface area (Å²) in [5, 5.41) is 0. The van der Waals surface area contributed by atoms with Gasteiger partial charge in [0.2, 0.25) is 0 Å². The first-order valence-electron chi connectivity index (χ1n) is 7.21. The SMILES string of the molecule is NCc1ncc(-c2ccc(C3CCCCC3)cc2)[nH]1. The molecule has 1 heterocycles. The molecule has 0 bridgehead atoms. The number of hydrogen-bond acceptors (Lipinski definition) is 2. The van der Waals surface area contributed by atoms with E-state index >= 15 is 0 Å². The van der Waals surface area contributed by atoms with Crippen LogP contribution in [0.3, 0.4) is 0 Å². The molecular weight excluding hydrogens is 234 g/mol. The maximum Gasteiger partial charge on any atom is 0.120 e. The highest BCUT2D eigenvalue weighted by atomic mass is 14.9. The third kappa shape index (κ3) is 2.71. The lowest BCUT2D eigenvalue weighted by Gasteiger charge is -2.22. The maximum atomic E-state index is 5.57. The summed E-state index contributed by atoms with van der Waals surface area (Å²) in [5.41, 5.74) is 9.30. The number of benzene rings is 1. The first-order chi connectivity index (χ1) is 9.36. The van der Waals surface area contributed by atoms with Crippen LogP contribution in [0.1, 0.15) is 49.4 Å². The van der Waals surface area contributed by atoms with Gasteiger partial charge in [0, 0.05) is 0 Å². The van der Waals surface area contributed by atoms with Gasteiger partial charge in [0.15, 0.2) is 0 Å². The Hall–Kier alpha value is -1.61. The van der Waals surface area contributed by atoms with Crippen LogP contribution in [0.4, 0.5) is 0 Å². The van der Waals surface area contributed by atoms with Crippen LogP contribution >= 0.6 is 0 Å². The molecule has 0 saturated heterocycles. The lowest BCUT2D eigenvalue weighted by atomic mass is 9.84. The van der Waals surface area contributed by atoms with Crippen LogP contribution in [0.2, 0.25) is 0 Å². The molecule has 1 aliphatic rings. The number of nitrogens with zero attached hydrogens (tertiary/aromatic N) is 1. The van der Waals surface area contributed by atoms with Crippen LogP contribution in [0.25, 0.3) is 11.3 Å². The first kappa shape index (κ1) is 12.4. The standard InChI is InChI=1S/C16H21N3/c17-10-16-18-11-15(19-16)14-8-6-13(7-9-14)12-4-2-1-3-5-12/h6-9,11-12H,1-5,10,17H2,(H,18,19). The van der Waals surface area contributed by atoms with Gasteiger partial charge in [-0.3, -0.25) is 0 Å². The molecule has 3 rings (SSSR count). The van der Waals surface area contributed by atoms with Crippen molar-refractivity contribution in [3.63, 3.8) is 0 Å². The molecule has 3 N–H and O–H groups in total. The Kier molecular flexibility index (Phi) is 3.65. The number of rotatable bonds is 3. The van der Waals surface area contributed by atoms with Gasteiger partial charge in [0.25, 0.3) is 0 Å². The van der Waals surface area contributed by atoms with E-state index in [1.807, 2.05) is 6.20 Å². The summed E-state index contributed by atoms with van der Waals surface area (Å²) in [6, 6.07) is 8.93. The Morgan fingerprint density at radius 1 is 1.11 bits per heavy atom.